The minimum absolute atomic E-state index is 0.367. The van der Waals surface area contributed by atoms with Gasteiger partial charge in [0, 0.05) is 10.9 Å². The molecule has 3 heterocycles. The Morgan fingerprint density at radius 1 is 1.16 bits per heavy atom. The fraction of sp³-hybridized carbons (Fsp3) is 0.278. The Hall–Kier alpha value is -2.51. The molecule has 1 aromatic heterocycles. The van der Waals surface area contributed by atoms with E-state index in [1.54, 1.807) is 12.2 Å². The van der Waals surface area contributed by atoms with Crippen LogP contribution in [0.15, 0.2) is 41.8 Å². The second kappa shape index (κ2) is 6.09. The van der Waals surface area contributed by atoms with Crippen molar-refractivity contribution in [3.63, 3.8) is 0 Å². The number of carboxylic acids is 1. The molecular weight excluding hydrogens is 340 g/mol. The van der Waals surface area contributed by atoms with E-state index in [1.807, 2.05) is 36.6 Å². The van der Waals surface area contributed by atoms with Crippen LogP contribution in [0.4, 0.5) is 5.13 Å². The summed E-state index contributed by atoms with van der Waals surface area (Å²) in [6.07, 6.45) is 2.46. The third-order valence-corrected chi connectivity index (χ3v) is 5.33. The Balaban J connectivity index is 1.51. The van der Waals surface area contributed by atoms with Gasteiger partial charge in [-0.1, -0.05) is 42.0 Å². The maximum absolute atomic E-state index is 12.6. The summed E-state index contributed by atoms with van der Waals surface area (Å²) < 4.78 is 5.53. The maximum atomic E-state index is 12.6. The zero-order valence-electron chi connectivity index (χ0n) is 13.4. The molecule has 128 valence electrons. The number of fused-ring (bicyclic) bond motifs is 2. The lowest BCUT2D eigenvalue weighted by molar-refractivity contribution is -0.145. The van der Waals surface area contributed by atoms with Crippen LogP contribution < -0.4 is 5.32 Å². The van der Waals surface area contributed by atoms with E-state index in [9.17, 15) is 14.7 Å². The van der Waals surface area contributed by atoms with Gasteiger partial charge in [0.1, 0.15) is 5.92 Å². The van der Waals surface area contributed by atoms with Crippen LogP contribution in [0.1, 0.15) is 5.56 Å². The smallest absolute Gasteiger partial charge is 0.310 e. The quantitative estimate of drug-likeness (QED) is 0.823. The summed E-state index contributed by atoms with van der Waals surface area (Å²) in [4.78, 5) is 28.5. The summed E-state index contributed by atoms with van der Waals surface area (Å²) in [6, 6.07) is 7.96. The first kappa shape index (κ1) is 16.0. The molecule has 0 saturated carbocycles. The number of aryl methyl sites for hydroxylation is 1. The molecule has 4 rings (SSSR count). The van der Waals surface area contributed by atoms with E-state index in [4.69, 9.17) is 4.74 Å². The number of hydrogen-bond donors (Lipinski definition) is 2. The van der Waals surface area contributed by atoms with E-state index >= 15 is 0 Å². The topological polar surface area (TPSA) is 88.5 Å². The van der Waals surface area contributed by atoms with Crippen LogP contribution in [0.25, 0.3) is 11.3 Å². The molecule has 1 amide bonds. The number of nitrogens with zero attached hydrogens (tertiary/aromatic N) is 1. The fourth-order valence-electron chi connectivity index (χ4n) is 3.29. The number of carbonyl (C=O) groups is 2. The molecule has 0 spiro atoms. The zero-order valence-corrected chi connectivity index (χ0v) is 14.2. The number of benzene rings is 1. The van der Waals surface area contributed by atoms with E-state index < -0.39 is 30.0 Å². The monoisotopic (exact) mass is 356 g/mol. The summed E-state index contributed by atoms with van der Waals surface area (Å²) in [6.45, 7) is 2.02. The van der Waals surface area contributed by atoms with Crippen molar-refractivity contribution in [1.29, 1.82) is 0 Å². The highest BCUT2D eigenvalue weighted by molar-refractivity contribution is 7.14. The predicted octanol–water partition coefficient (Wildman–Crippen LogP) is 2.71. The van der Waals surface area contributed by atoms with Crippen molar-refractivity contribution in [2.75, 3.05) is 5.32 Å². The largest absolute Gasteiger partial charge is 0.481 e. The van der Waals surface area contributed by atoms with Crippen LogP contribution in [0.3, 0.4) is 0 Å². The van der Waals surface area contributed by atoms with Gasteiger partial charge in [0.25, 0.3) is 0 Å². The number of aliphatic carboxylic acids is 1. The number of carboxylic acid groups (broad SMARTS) is 1. The Labute approximate surface area is 148 Å². The second-order valence-electron chi connectivity index (χ2n) is 6.23. The fourth-order valence-corrected chi connectivity index (χ4v) is 4.01. The van der Waals surface area contributed by atoms with E-state index in [0.29, 0.717) is 5.13 Å². The molecule has 4 atom stereocenters. The van der Waals surface area contributed by atoms with Gasteiger partial charge in [-0.25, -0.2) is 4.98 Å². The number of nitrogens with one attached hydrogen (secondary N) is 1. The SMILES string of the molecule is Cc1ccc(-c2csc(NC(=O)[C@H]3[C@@H](C(=O)O)[C@@H]4C=C[C@@H]3O4)n2)cc1. The first-order chi connectivity index (χ1) is 12.0. The highest BCUT2D eigenvalue weighted by Gasteiger charge is 2.53. The average molecular weight is 356 g/mol. The van der Waals surface area contributed by atoms with E-state index in [1.165, 1.54) is 11.3 Å². The van der Waals surface area contributed by atoms with Crippen molar-refractivity contribution < 1.29 is 19.4 Å². The molecule has 0 unspecified atom stereocenters. The highest BCUT2D eigenvalue weighted by Crippen LogP contribution is 2.40. The molecule has 25 heavy (non-hydrogen) atoms. The number of aromatic nitrogens is 1. The number of ether oxygens (including phenoxy) is 1. The van der Waals surface area contributed by atoms with Crippen molar-refractivity contribution in [1.82, 2.24) is 4.98 Å². The Morgan fingerprint density at radius 3 is 2.52 bits per heavy atom. The van der Waals surface area contributed by atoms with Crippen LogP contribution in [0, 0.1) is 18.8 Å². The predicted molar refractivity (Wildman–Crippen MR) is 93.3 cm³/mol. The summed E-state index contributed by atoms with van der Waals surface area (Å²) in [7, 11) is 0. The third kappa shape index (κ3) is 2.85. The van der Waals surface area contributed by atoms with Gasteiger partial charge in [0.2, 0.25) is 5.91 Å². The molecule has 0 aliphatic carbocycles. The summed E-state index contributed by atoms with van der Waals surface area (Å²) in [5.41, 5.74) is 2.91. The van der Waals surface area contributed by atoms with E-state index in [2.05, 4.69) is 10.3 Å². The average Bonchev–Trinajstić information content (AvgIpc) is 3.30. The lowest BCUT2D eigenvalue weighted by Crippen LogP contribution is -2.39. The first-order valence-electron chi connectivity index (χ1n) is 7.93. The summed E-state index contributed by atoms with van der Waals surface area (Å²) in [5.74, 6) is -2.98. The van der Waals surface area contributed by atoms with Gasteiger partial charge in [0.05, 0.1) is 23.8 Å². The first-order valence-corrected chi connectivity index (χ1v) is 8.81. The molecule has 2 aliphatic rings. The Kier molecular flexibility index (Phi) is 3.89. The second-order valence-corrected chi connectivity index (χ2v) is 7.09. The number of hydrogen-bond acceptors (Lipinski definition) is 5. The van der Waals surface area contributed by atoms with Gasteiger partial charge in [-0.15, -0.1) is 11.3 Å². The summed E-state index contributed by atoms with van der Waals surface area (Å²) >= 11 is 1.32. The van der Waals surface area contributed by atoms with Crippen LogP contribution in [-0.4, -0.2) is 34.2 Å². The van der Waals surface area contributed by atoms with Gasteiger partial charge < -0.3 is 15.2 Å². The van der Waals surface area contributed by atoms with Gasteiger partial charge in [-0.3, -0.25) is 9.59 Å². The van der Waals surface area contributed by atoms with Crippen molar-refractivity contribution in [2.24, 2.45) is 11.8 Å². The standard InChI is InChI=1S/C18H16N2O4S/c1-9-2-4-10(5-3-9)11-8-25-18(19-11)20-16(21)14-12-6-7-13(24-12)15(14)17(22)23/h2-8,12-15H,1H3,(H,22,23)(H,19,20,21)/t12-,13-,14+,15-/m0/s1. The maximum Gasteiger partial charge on any atom is 0.310 e. The van der Waals surface area contributed by atoms with Crippen LogP contribution in [0.5, 0.6) is 0 Å². The number of amides is 1. The number of thiazole rings is 1. The normalized spacial score (nSPS) is 26.8. The van der Waals surface area contributed by atoms with Crippen LogP contribution >= 0.6 is 11.3 Å². The minimum Gasteiger partial charge on any atom is -0.481 e. The summed E-state index contributed by atoms with van der Waals surface area (Å²) in [5, 5.41) is 14.5. The van der Waals surface area contributed by atoms with Crippen molar-refractivity contribution >= 4 is 28.3 Å². The number of anilines is 1. The third-order valence-electron chi connectivity index (χ3n) is 4.57. The van der Waals surface area contributed by atoms with Crippen molar-refractivity contribution in [3.05, 3.63) is 47.4 Å². The molecule has 1 fully saturated rings. The lowest BCUT2D eigenvalue weighted by Gasteiger charge is -2.20. The molecule has 1 aromatic carbocycles. The molecule has 2 N–H and O–H groups in total. The van der Waals surface area contributed by atoms with E-state index in [-0.39, 0.29) is 5.91 Å². The van der Waals surface area contributed by atoms with Crippen LogP contribution in [0.2, 0.25) is 0 Å². The van der Waals surface area contributed by atoms with Gasteiger partial charge in [0.15, 0.2) is 5.13 Å². The van der Waals surface area contributed by atoms with E-state index in [0.717, 1.165) is 16.8 Å². The van der Waals surface area contributed by atoms with Gasteiger partial charge >= 0.3 is 5.97 Å². The number of rotatable bonds is 4. The molecule has 2 aliphatic heterocycles. The highest BCUT2D eigenvalue weighted by atomic mass is 32.1. The minimum atomic E-state index is -1.02. The zero-order chi connectivity index (χ0) is 17.6. The molecule has 0 radical (unpaired) electrons. The van der Waals surface area contributed by atoms with Crippen molar-refractivity contribution in [2.45, 2.75) is 19.1 Å². The Bertz CT molecular complexity index is 858. The molecule has 7 heteroatoms. The number of carbonyl (C=O) groups excluding carboxylic acids is 1. The van der Waals surface area contributed by atoms with Gasteiger partial charge in [-0.05, 0) is 6.92 Å². The molecular formula is C18H16N2O4S. The molecule has 6 nitrogen and oxygen atoms in total. The van der Waals surface area contributed by atoms with Crippen molar-refractivity contribution in [3.8, 4) is 11.3 Å². The van der Waals surface area contributed by atoms with Gasteiger partial charge in [-0.2, -0.15) is 0 Å². The lowest BCUT2D eigenvalue weighted by atomic mass is 9.82. The van der Waals surface area contributed by atoms with Crippen LogP contribution in [-0.2, 0) is 14.3 Å². The Morgan fingerprint density at radius 2 is 1.84 bits per heavy atom. The molecule has 1 saturated heterocycles. The molecule has 2 bridgehead atoms. The molecule has 2 aromatic rings.